The molecule has 14 heteroatoms. The zero-order valence-electron chi connectivity index (χ0n) is 19.3. The topological polar surface area (TPSA) is 119 Å². The summed E-state index contributed by atoms with van der Waals surface area (Å²) >= 11 is 0. The molecule has 1 atom stereocenters. The quantitative estimate of drug-likeness (QED) is 0.425. The summed E-state index contributed by atoms with van der Waals surface area (Å²) in [6, 6.07) is 5.61. The largest absolute Gasteiger partial charge is 0.371 e. The van der Waals surface area contributed by atoms with Crippen LogP contribution in [0.4, 0.5) is 24.9 Å². The molecule has 1 unspecified atom stereocenters. The van der Waals surface area contributed by atoms with Gasteiger partial charge >= 0.3 is 0 Å². The van der Waals surface area contributed by atoms with E-state index in [1.807, 2.05) is 18.2 Å². The van der Waals surface area contributed by atoms with Crippen molar-refractivity contribution in [3.8, 4) is 11.3 Å². The lowest BCUT2D eigenvalue weighted by Gasteiger charge is -2.30. The van der Waals surface area contributed by atoms with E-state index in [1.165, 1.54) is 10.6 Å². The molecule has 0 spiro atoms. The lowest BCUT2D eigenvalue weighted by atomic mass is 10.1. The first kappa shape index (κ1) is 24.9. The predicted molar refractivity (Wildman–Crippen MR) is 128 cm³/mol. The highest BCUT2D eigenvalue weighted by Gasteiger charge is 2.36. The number of imidazole rings is 1. The number of piperidine rings is 1. The van der Waals surface area contributed by atoms with Crippen LogP contribution in [0.3, 0.4) is 0 Å². The number of halogens is 3. The number of fused-ring (bicyclic) bond motifs is 2. The van der Waals surface area contributed by atoms with E-state index >= 15 is 0 Å². The second-order valence-corrected chi connectivity index (χ2v) is 9.38. The minimum absolute atomic E-state index is 0.0688. The fourth-order valence-electron chi connectivity index (χ4n) is 3.90. The first-order valence-electron chi connectivity index (χ1n) is 10.9. The number of nitrogens with zero attached hydrogens (tertiary/aromatic N) is 7. The molecule has 0 radical (unpaired) electrons. The Morgan fingerprint density at radius 2 is 2.06 bits per heavy atom. The van der Waals surface area contributed by atoms with E-state index in [9.17, 15) is 17.4 Å². The molecule has 10 nitrogen and oxygen atoms in total. The van der Waals surface area contributed by atoms with Gasteiger partial charge in [-0.15, -0.1) is 5.10 Å². The Labute approximate surface area is 201 Å². The molecule has 1 saturated heterocycles. The summed E-state index contributed by atoms with van der Waals surface area (Å²) in [7, 11) is 0.523. The van der Waals surface area contributed by atoms with Gasteiger partial charge in [0.2, 0.25) is 5.95 Å². The monoisotopic (exact) mass is 509 g/mol. The summed E-state index contributed by atoms with van der Waals surface area (Å²) in [5.41, 5.74) is 9.46. The van der Waals surface area contributed by atoms with Crippen LogP contribution in [0, 0.1) is 0 Å². The molecular weight excluding hydrogens is 483 g/mol. The molecule has 0 aromatic carbocycles. The highest BCUT2D eigenvalue weighted by molar-refractivity contribution is 7.81. The molecule has 4 aromatic rings. The molecular formula is C21H26F3N9OS. The molecule has 0 bridgehead atoms. The maximum Gasteiger partial charge on any atom is 0.261 e. The zero-order chi connectivity index (χ0) is 25.2. The second-order valence-electron chi connectivity index (χ2n) is 8.02. The highest BCUT2D eigenvalue weighted by Crippen LogP contribution is 2.29. The molecule has 5 heterocycles. The Balaban J connectivity index is 0.000000221. The van der Waals surface area contributed by atoms with Gasteiger partial charge in [0.25, 0.3) is 5.92 Å². The second kappa shape index (κ2) is 10.2. The molecule has 1 aliphatic heterocycles. The van der Waals surface area contributed by atoms with Gasteiger partial charge in [0, 0.05) is 44.5 Å². The molecule has 5 rings (SSSR count). The van der Waals surface area contributed by atoms with E-state index in [0.717, 1.165) is 16.8 Å². The Hall–Kier alpha value is -3.26. The number of hydrogen-bond donors (Lipinski definition) is 2. The van der Waals surface area contributed by atoms with Gasteiger partial charge in [-0.1, -0.05) is 0 Å². The minimum atomic E-state index is -2.64. The van der Waals surface area contributed by atoms with E-state index in [4.69, 9.17) is 5.73 Å². The number of anilines is 2. The summed E-state index contributed by atoms with van der Waals surface area (Å²) in [6.45, 7) is -0.277. The average Bonchev–Trinajstić information content (AvgIpc) is 3.42. The zero-order valence-corrected chi connectivity index (χ0v) is 20.1. The standard InChI is InChI=1S/C15H15FN8.C6H11F2NOS/c1-18-14-13-10(5-7-23(13)22-15(17)20-14)11-2-3-12-19-8-9(4-6-16)24(12)21-11;1-11(10)9-4-2-3-6(7,8)5-9/h2-3,5,7-8H,4,6H2,1H3,(H3,17,18,20,22);2-5H2,1H3. The number of nitrogens with one attached hydrogen (secondary N) is 1. The van der Waals surface area contributed by atoms with Crippen molar-refractivity contribution in [2.45, 2.75) is 25.2 Å². The van der Waals surface area contributed by atoms with Gasteiger partial charge in [-0.05, 0) is 24.6 Å². The summed E-state index contributed by atoms with van der Waals surface area (Å²) in [6.07, 6.45) is 5.52. The van der Waals surface area contributed by atoms with Crippen LogP contribution in [-0.2, 0) is 17.4 Å². The molecule has 35 heavy (non-hydrogen) atoms. The van der Waals surface area contributed by atoms with Gasteiger partial charge < -0.3 is 11.1 Å². The van der Waals surface area contributed by atoms with Crippen LogP contribution in [0.15, 0.2) is 30.6 Å². The van der Waals surface area contributed by atoms with Crippen molar-refractivity contribution in [1.29, 1.82) is 0 Å². The van der Waals surface area contributed by atoms with Crippen molar-refractivity contribution >= 4 is 33.9 Å². The van der Waals surface area contributed by atoms with Crippen LogP contribution in [0.2, 0.25) is 0 Å². The number of aryl methyl sites for hydroxylation is 1. The van der Waals surface area contributed by atoms with Gasteiger partial charge in [0.15, 0.2) is 11.5 Å². The highest BCUT2D eigenvalue weighted by atomic mass is 32.2. The number of alkyl halides is 3. The van der Waals surface area contributed by atoms with Gasteiger partial charge in [-0.2, -0.15) is 10.1 Å². The van der Waals surface area contributed by atoms with E-state index in [-0.39, 0.29) is 25.3 Å². The van der Waals surface area contributed by atoms with E-state index in [0.29, 0.717) is 30.1 Å². The van der Waals surface area contributed by atoms with E-state index in [2.05, 4.69) is 25.5 Å². The minimum Gasteiger partial charge on any atom is -0.371 e. The van der Waals surface area contributed by atoms with Crippen LogP contribution < -0.4 is 11.1 Å². The van der Waals surface area contributed by atoms with Crippen molar-refractivity contribution in [3.05, 3.63) is 36.3 Å². The van der Waals surface area contributed by atoms with Crippen LogP contribution in [0.1, 0.15) is 18.5 Å². The maximum atomic E-state index is 12.7. The van der Waals surface area contributed by atoms with Crippen molar-refractivity contribution < 1.29 is 17.4 Å². The average molecular weight is 510 g/mol. The molecule has 0 aliphatic carbocycles. The van der Waals surface area contributed by atoms with Crippen molar-refractivity contribution in [2.75, 3.05) is 44.1 Å². The third-order valence-corrected chi connectivity index (χ3v) is 6.58. The van der Waals surface area contributed by atoms with Gasteiger partial charge in [0.05, 0.1) is 41.8 Å². The number of hydrogen-bond acceptors (Lipinski definition) is 7. The van der Waals surface area contributed by atoms with E-state index in [1.54, 1.807) is 28.5 Å². The first-order valence-corrected chi connectivity index (χ1v) is 12.4. The van der Waals surface area contributed by atoms with Gasteiger partial charge in [0.1, 0.15) is 5.52 Å². The van der Waals surface area contributed by atoms with Crippen LogP contribution in [-0.4, -0.2) is 76.7 Å². The third kappa shape index (κ3) is 5.37. The summed E-state index contributed by atoms with van der Waals surface area (Å²) in [5, 5.41) is 11.8. The Morgan fingerprint density at radius 1 is 1.26 bits per heavy atom. The molecule has 0 amide bonds. The SMILES string of the molecule is CNc1nc(N)nn2ccc(-c3ccc4ncc(CCF)n4n3)c12.CS(=O)N1CCCC(F)(F)C1. The third-order valence-electron chi connectivity index (χ3n) is 5.55. The Kier molecular flexibility index (Phi) is 7.21. The summed E-state index contributed by atoms with van der Waals surface area (Å²) in [5.74, 6) is -1.85. The van der Waals surface area contributed by atoms with Crippen LogP contribution in [0.25, 0.3) is 22.4 Å². The Morgan fingerprint density at radius 3 is 2.71 bits per heavy atom. The maximum absolute atomic E-state index is 12.7. The fourth-order valence-corrected chi connectivity index (χ4v) is 4.66. The summed E-state index contributed by atoms with van der Waals surface area (Å²) < 4.78 is 53.4. The van der Waals surface area contributed by atoms with Crippen molar-refractivity contribution in [1.82, 2.24) is 33.5 Å². The molecule has 188 valence electrons. The van der Waals surface area contributed by atoms with Crippen molar-refractivity contribution in [2.24, 2.45) is 0 Å². The lowest BCUT2D eigenvalue weighted by molar-refractivity contribution is -0.0421. The fraction of sp³-hybridized carbons (Fsp3) is 0.429. The number of rotatable bonds is 5. The Bertz CT molecular complexity index is 1360. The normalized spacial score (nSPS) is 16.7. The number of nitrogens with two attached hydrogens (primary N) is 1. The molecule has 1 fully saturated rings. The van der Waals surface area contributed by atoms with Gasteiger partial charge in [-0.25, -0.2) is 31.3 Å². The van der Waals surface area contributed by atoms with Crippen molar-refractivity contribution in [3.63, 3.8) is 0 Å². The molecule has 1 aliphatic rings. The van der Waals surface area contributed by atoms with Crippen LogP contribution in [0.5, 0.6) is 0 Å². The molecule has 4 aromatic heterocycles. The lowest BCUT2D eigenvalue weighted by Crippen LogP contribution is -2.42. The van der Waals surface area contributed by atoms with E-state index < -0.39 is 23.6 Å². The molecule has 3 N–H and O–H groups in total. The molecule has 0 saturated carbocycles. The summed E-state index contributed by atoms with van der Waals surface area (Å²) in [4.78, 5) is 8.46. The van der Waals surface area contributed by atoms with Gasteiger partial charge in [-0.3, -0.25) is 4.39 Å². The van der Waals surface area contributed by atoms with Crippen LogP contribution >= 0.6 is 0 Å². The number of nitrogen functional groups attached to an aromatic ring is 1. The number of aromatic nitrogens is 6. The smallest absolute Gasteiger partial charge is 0.261 e. The predicted octanol–water partition coefficient (Wildman–Crippen LogP) is 2.59. The first-order chi connectivity index (χ1) is 16.7.